The molecule has 112 valence electrons. The van der Waals surface area contributed by atoms with Crippen molar-refractivity contribution in [1.82, 2.24) is 9.29 Å². The van der Waals surface area contributed by atoms with Crippen LogP contribution in [0.1, 0.15) is 15.4 Å². The number of hydrogen-bond donors (Lipinski definition) is 1. The lowest BCUT2D eigenvalue weighted by atomic mass is 10.3. The molecule has 0 bridgehead atoms. The smallest absolute Gasteiger partial charge is 0.254 e. The van der Waals surface area contributed by atoms with Gasteiger partial charge in [0.05, 0.1) is 17.7 Å². The number of nitrogens with zero attached hydrogens (tertiary/aromatic N) is 2. The Morgan fingerprint density at radius 2 is 2.24 bits per heavy atom. The average molecular weight is 341 g/mol. The van der Waals surface area contributed by atoms with E-state index in [1.54, 1.807) is 14.0 Å². The topological polar surface area (TPSA) is 76.3 Å². The number of nitrogens with two attached hydrogens (primary N) is 1. The van der Waals surface area contributed by atoms with Gasteiger partial charge in [-0.1, -0.05) is 11.8 Å². The van der Waals surface area contributed by atoms with Crippen LogP contribution >= 0.6 is 22.7 Å². The second-order valence-corrected chi connectivity index (χ2v) is 8.77. The van der Waals surface area contributed by atoms with Crippen LogP contribution in [-0.2, 0) is 16.6 Å². The van der Waals surface area contributed by atoms with Gasteiger partial charge in [-0.3, -0.25) is 0 Å². The highest BCUT2D eigenvalue weighted by molar-refractivity contribution is 7.91. The molecule has 0 atom stereocenters. The number of sulfonamides is 1. The van der Waals surface area contributed by atoms with Crippen LogP contribution in [0.3, 0.4) is 0 Å². The Labute approximate surface area is 132 Å². The first-order valence-electron chi connectivity index (χ1n) is 6.08. The Morgan fingerprint density at radius 1 is 1.48 bits per heavy atom. The van der Waals surface area contributed by atoms with E-state index in [1.165, 1.54) is 33.2 Å². The van der Waals surface area contributed by atoms with Crippen molar-refractivity contribution in [2.24, 2.45) is 5.73 Å². The minimum Gasteiger partial charge on any atom is -0.320 e. The number of thiophene rings is 1. The van der Waals surface area contributed by atoms with Gasteiger partial charge in [0.1, 0.15) is 0 Å². The van der Waals surface area contributed by atoms with E-state index in [-0.39, 0.29) is 4.21 Å². The van der Waals surface area contributed by atoms with Crippen molar-refractivity contribution in [2.75, 3.05) is 13.6 Å². The lowest BCUT2D eigenvalue weighted by Crippen LogP contribution is -2.25. The van der Waals surface area contributed by atoms with Gasteiger partial charge < -0.3 is 5.73 Å². The van der Waals surface area contributed by atoms with E-state index in [4.69, 9.17) is 5.73 Å². The van der Waals surface area contributed by atoms with E-state index < -0.39 is 10.0 Å². The van der Waals surface area contributed by atoms with Crippen molar-refractivity contribution in [2.45, 2.75) is 17.7 Å². The predicted molar refractivity (Wildman–Crippen MR) is 85.8 cm³/mol. The molecule has 0 aliphatic rings. The van der Waals surface area contributed by atoms with Crippen LogP contribution in [0.25, 0.3) is 0 Å². The fourth-order valence-corrected chi connectivity index (χ4v) is 5.02. The van der Waals surface area contributed by atoms with Crippen LogP contribution in [0.5, 0.6) is 0 Å². The zero-order valence-corrected chi connectivity index (χ0v) is 14.1. The number of aromatic nitrogens is 1. The molecule has 0 aliphatic heterocycles. The molecule has 2 aromatic rings. The molecule has 0 aliphatic carbocycles. The van der Waals surface area contributed by atoms with Crippen molar-refractivity contribution in [3.8, 4) is 11.8 Å². The third-order valence-corrected chi connectivity index (χ3v) is 6.71. The molecule has 0 saturated carbocycles. The summed E-state index contributed by atoms with van der Waals surface area (Å²) in [4.78, 5) is 4.93. The highest BCUT2D eigenvalue weighted by Crippen LogP contribution is 2.24. The Balaban J connectivity index is 2.14. The standard InChI is InChI=1S/C13H15N3O2S3/c1-10-15-7-13(20-10)21(17,18)16(2)8-12-6-11(9-19-12)4-3-5-14/h6-7,9H,5,8,14H2,1-2H3. The molecule has 8 heteroatoms. The average Bonchev–Trinajstić information content (AvgIpc) is 3.05. The molecular formula is C13H15N3O2S3. The summed E-state index contributed by atoms with van der Waals surface area (Å²) < 4.78 is 26.4. The molecule has 2 N–H and O–H groups in total. The lowest BCUT2D eigenvalue weighted by Gasteiger charge is -2.14. The van der Waals surface area contributed by atoms with E-state index in [0.29, 0.717) is 13.1 Å². The lowest BCUT2D eigenvalue weighted by molar-refractivity contribution is 0.471. The zero-order valence-electron chi connectivity index (χ0n) is 11.7. The van der Waals surface area contributed by atoms with Gasteiger partial charge in [0.2, 0.25) is 0 Å². The summed E-state index contributed by atoms with van der Waals surface area (Å²) in [6.07, 6.45) is 1.40. The second kappa shape index (κ2) is 6.68. The maximum absolute atomic E-state index is 12.4. The fourth-order valence-electron chi connectivity index (χ4n) is 1.60. The summed E-state index contributed by atoms with van der Waals surface area (Å²) in [6, 6.07) is 1.89. The van der Waals surface area contributed by atoms with Crippen LogP contribution in [0.4, 0.5) is 0 Å². The number of aryl methyl sites for hydroxylation is 1. The molecule has 0 saturated heterocycles. The van der Waals surface area contributed by atoms with E-state index >= 15 is 0 Å². The normalized spacial score (nSPS) is 11.4. The summed E-state index contributed by atoms with van der Waals surface area (Å²) in [6.45, 7) is 2.41. The van der Waals surface area contributed by atoms with Gasteiger partial charge in [-0.05, 0) is 13.0 Å². The van der Waals surface area contributed by atoms with Gasteiger partial charge >= 0.3 is 0 Å². The molecule has 21 heavy (non-hydrogen) atoms. The Bertz CT molecular complexity index is 781. The van der Waals surface area contributed by atoms with Crippen molar-refractivity contribution >= 4 is 32.7 Å². The van der Waals surface area contributed by atoms with E-state index in [9.17, 15) is 8.42 Å². The van der Waals surface area contributed by atoms with Gasteiger partial charge in [0, 0.05) is 29.4 Å². The van der Waals surface area contributed by atoms with Crippen molar-refractivity contribution < 1.29 is 8.42 Å². The largest absolute Gasteiger partial charge is 0.320 e. The summed E-state index contributed by atoms with van der Waals surface area (Å²) in [5.41, 5.74) is 6.19. The first kappa shape index (κ1) is 16.1. The van der Waals surface area contributed by atoms with Crippen LogP contribution in [0.2, 0.25) is 0 Å². The molecule has 0 unspecified atom stereocenters. The van der Waals surface area contributed by atoms with Gasteiger partial charge in [-0.15, -0.1) is 22.7 Å². The minimum atomic E-state index is -3.48. The second-order valence-electron chi connectivity index (χ2n) is 4.27. The molecule has 0 spiro atoms. The maximum atomic E-state index is 12.4. The highest BCUT2D eigenvalue weighted by Gasteiger charge is 2.23. The molecule has 2 rings (SSSR count). The Hall–Kier alpha value is -1.24. The number of rotatable bonds is 4. The third kappa shape index (κ3) is 3.90. The SMILES string of the molecule is Cc1ncc(S(=O)(=O)N(C)Cc2cc(C#CCN)cs2)s1. The third-order valence-electron chi connectivity index (χ3n) is 2.63. The molecule has 2 heterocycles. The van der Waals surface area contributed by atoms with E-state index in [1.807, 2.05) is 11.4 Å². The van der Waals surface area contributed by atoms with Crippen LogP contribution in [-0.4, -0.2) is 31.3 Å². The van der Waals surface area contributed by atoms with Crippen LogP contribution in [0.15, 0.2) is 21.9 Å². The zero-order chi connectivity index (χ0) is 15.5. The molecule has 0 radical (unpaired) electrons. The Morgan fingerprint density at radius 3 is 2.86 bits per heavy atom. The van der Waals surface area contributed by atoms with Gasteiger partial charge in [-0.2, -0.15) is 4.31 Å². The van der Waals surface area contributed by atoms with Crippen molar-refractivity contribution in [1.29, 1.82) is 0 Å². The molecule has 0 aromatic carbocycles. The molecule has 0 amide bonds. The summed E-state index contributed by atoms with van der Waals surface area (Å²) in [5, 5.41) is 2.63. The fraction of sp³-hybridized carbons (Fsp3) is 0.308. The van der Waals surface area contributed by atoms with Gasteiger partial charge in [-0.25, -0.2) is 13.4 Å². The Kier molecular flexibility index (Phi) is 5.13. The van der Waals surface area contributed by atoms with Crippen molar-refractivity contribution in [3.63, 3.8) is 0 Å². The molecule has 0 fully saturated rings. The summed E-state index contributed by atoms with van der Waals surface area (Å²) >= 11 is 2.66. The predicted octanol–water partition coefficient (Wildman–Crippen LogP) is 1.64. The van der Waals surface area contributed by atoms with Gasteiger partial charge in [0.15, 0.2) is 4.21 Å². The quantitative estimate of drug-likeness (QED) is 0.858. The van der Waals surface area contributed by atoms with Gasteiger partial charge in [0.25, 0.3) is 10.0 Å². The van der Waals surface area contributed by atoms with Crippen LogP contribution < -0.4 is 5.73 Å². The number of thiazole rings is 1. The summed E-state index contributed by atoms with van der Waals surface area (Å²) in [7, 11) is -1.92. The van der Waals surface area contributed by atoms with Crippen LogP contribution in [0, 0.1) is 18.8 Å². The van der Waals surface area contributed by atoms with E-state index in [2.05, 4.69) is 16.8 Å². The number of hydrogen-bond acceptors (Lipinski definition) is 6. The maximum Gasteiger partial charge on any atom is 0.254 e. The summed E-state index contributed by atoms with van der Waals surface area (Å²) in [5.74, 6) is 5.71. The monoisotopic (exact) mass is 341 g/mol. The molecule has 5 nitrogen and oxygen atoms in total. The van der Waals surface area contributed by atoms with Crippen molar-refractivity contribution in [3.05, 3.63) is 33.1 Å². The van der Waals surface area contributed by atoms with E-state index in [0.717, 1.165) is 15.4 Å². The first-order valence-corrected chi connectivity index (χ1v) is 9.22. The highest BCUT2D eigenvalue weighted by atomic mass is 32.2. The molecule has 2 aromatic heterocycles. The first-order chi connectivity index (χ1) is 9.93. The minimum absolute atomic E-state index is 0.266. The molecular weight excluding hydrogens is 326 g/mol.